The average molecular weight is 380 g/mol. The van der Waals surface area contributed by atoms with Crippen molar-refractivity contribution in [2.75, 3.05) is 18.7 Å². The van der Waals surface area contributed by atoms with Crippen LogP contribution < -0.4 is 14.8 Å². The Bertz CT molecular complexity index is 946. The van der Waals surface area contributed by atoms with Crippen LogP contribution in [-0.2, 0) is 0 Å². The van der Waals surface area contributed by atoms with E-state index in [0.29, 0.717) is 35.3 Å². The fourth-order valence-corrected chi connectivity index (χ4v) is 3.19. The summed E-state index contributed by atoms with van der Waals surface area (Å²) in [7, 11) is 0. The maximum atomic E-state index is 12.6. The molecule has 2 aliphatic heterocycles. The van der Waals surface area contributed by atoms with Crippen LogP contribution in [0.15, 0.2) is 52.5 Å². The second kappa shape index (κ2) is 7.30. The molecule has 28 heavy (non-hydrogen) atoms. The van der Waals surface area contributed by atoms with Gasteiger partial charge in [-0.2, -0.15) is 9.98 Å². The van der Waals surface area contributed by atoms with Crippen LogP contribution in [0.5, 0.6) is 11.5 Å². The first-order chi connectivity index (χ1) is 13.5. The number of urea groups is 2. The van der Waals surface area contributed by atoms with Crippen LogP contribution in [0.3, 0.4) is 0 Å². The number of rotatable bonds is 3. The zero-order valence-corrected chi connectivity index (χ0v) is 15.6. The van der Waals surface area contributed by atoms with E-state index in [1.165, 1.54) is 4.90 Å². The number of carbonyl (C=O) groups is 2. The molecule has 1 aromatic carbocycles. The van der Waals surface area contributed by atoms with E-state index in [-0.39, 0.29) is 18.6 Å². The van der Waals surface area contributed by atoms with Crippen LogP contribution in [0.25, 0.3) is 0 Å². The molecule has 1 aliphatic carbocycles. The lowest BCUT2D eigenvalue weighted by Gasteiger charge is -2.32. The summed E-state index contributed by atoms with van der Waals surface area (Å²) >= 11 is 0. The van der Waals surface area contributed by atoms with E-state index in [0.717, 1.165) is 0 Å². The molecule has 0 bridgehead atoms. The van der Waals surface area contributed by atoms with Crippen molar-refractivity contribution < 1.29 is 19.1 Å². The summed E-state index contributed by atoms with van der Waals surface area (Å²) in [6.45, 7) is 4.58. The van der Waals surface area contributed by atoms with Gasteiger partial charge < -0.3 is 14.8 Å². The molecule has 8 nitrogen and oxygen atoms in total. The third kappa shape index (κ3) is 3.53. The summed E-state index contributed by atoms with van der Waals surface area (Å²) in [5.41, 5.74) is 1.12. The van der Waals surface area contributed by atoms with E-state index in [4.69, 9.17) is 9.47 Å². The summed E-state index contributed by atoms with van der Waals surface area (Å²) in [5.74, 6) is 1.44. The smallest absolute Gasteiger partial charge is 0.349 e. The Balaban J connectivity index is 1.61. The lowest BCUT2D eigenvalue weighted by molar-refractivity contribution is 0.174. The molecule has 0 aromatic heterocycles. The second-order valence-electron chi connectivity index (χ2n) is 7.01. The van der Waals surface area contributed by atoms with Gasteiger partial charge in [-0.15, -0.1) is 0 Å². The number of amidine groups is 1. The average Bonchev–Trinajstić information content (AvgIpc) is 3.12. The van der Waals surface area contributed by atoms with Crippen LogP contribution in [-0.4, -0.2) is 41.8 Å². The molecule has 4 amide bonds. The third-order valence-electron chi connectivity index (χ3n) is 4.40. The van der Waals surface area contributed by atoms with Gasteiger partial charge in [0.2, 0.25) is 6.79 Å². The van der Waals surface area contributed by atoms with E-state index in [9.17, 15) is 9.59 Å². The van der Waals surface area contributed by atoms with Gasteiger partial charge in [-0.25, -0.2) is 9.59 Å². The van der Waals surface area contributed by atoms with Gasteiger partial charge in [0.1, 0.15) is 5.84 Å². The molecule has 0 saturated carbocycles. The number of carbonyl (C=O) groups excluding carboxylic acids is 2. The number of anilines is 1. The SMILES string of the molecule is CC(C)CN1C(=O)N=C2C=CC=CC2/C1=N/C(=O)Nc1ccc2c(c1)OCO2. The Labute approximate surface area is 162 Å². The van der Waals surface area contributed by atoms with Gasteiger partial charge >= 0.3 is 12.1 Å². The monoisotopic (exact) mass is 380 g/mol. The van der Waals surface area contributed by atoms with Gasteiger partial charge in [0, 0.05) is 18.3 Å². The Morgan fingerprint density at radius 1 is 1.32 bits per heavy atom. The van der Waals surface area contributed by atoms with Crippen LogP contribution in [0.2, 0.25) is 0 Å². The first-order valence-electron chi connectivity index (χ1n) is 9.05. The van der Waals surface area contributed by atoms with Crippen molar-refractivity contribution in [1.82, 2.24) is 4.90 Å². The largest absolute Gasteiger partial charge is 0.454 e. The predicted octanol–water partition coefficient (Wildman–Crippen LogP) is 3.62. The number of allylic oxidation sites excluding steroid dienone is 3. The fourth-order valence-electron chi connectivity index (χ4n) is 3.19. The Morgan fingerprint density at radius 3 is 2.96 bits per heavy atom. The molecule has 3 aliphatic rings. The van der Waals surface area contributed by atoms with Gasteiger partial charge in [0.05, 0.1) is 11.6 Å². The van der Waals surface area contributed by atoms with Crippen LogP contribution >= 0.6 is 0 Å². The van der Waals surface area contributed by atoms with Crippen molar-refractivity contribution in [3.8, 4) is 11.5 Å². The summed E-state index contributed by atoms with van der Waals surface area (Å²) in [4.78, 5) is 34.9. The van der Waals surface area contributed by atoms with Gasteiger partial charge in [0.25, 0.3) is 0 Å². The molecular weight excluding hydrogens is 360 g/mol. The van der Waals surface area contributed by atoms with Gasteiger partial charge in [-0.1, -0.05) is 32.1 Å². The van der Waals surface area contributed by atoms with Crippen molar-refractivity contribution in [3.05, 3.63) is 42.5 Å². The summed E-state index contributed by atoms with van der Waals surface area (Å²) < 4.78 is 10.6. The highest BCUT2D eigenvalue weighted by Gasteiger charge is 2.34. The molecule has 0 radical (unpaired) electrons. The number of aliphatic imine (C=N–C) groups is 2. The van der Waals surface area contributed by atoms with E-state index in [2.05, 4.69) is 15.3 Å². The normalized spacial score (nSPS) is 21.2. The number of ether oxygens (including phenoxy) is 2. The molecule has 144 valence electrons. The van der Waals surface area contributed by atoms with E-state index in [1.54, 1.807) is 24.3 Å². The zero-order chi connectivity index (χ0) is 19.7. The molecule has 1 aromatic rings. The van der Waals surface area contributed by atoms with Crippen molar-refractivity contribution in [1.29, 1.82) is 0 Å². The molecule has 0 fully saturated rings. The van der Waals surface area contributed by atoms with Crippen molar-refractivity contribution in [2.45, 2.75) is 13.8 Å². The molecule has 0 saturated heterocycles. The van der Waals surface area contributed by atoms with E-state index in [1.807, 2.05) is 32.1 Å². The molecule has 1 unspecified atom stereocenters. The molecule has 0 spiro atoms. The number of fused-ring (bicyclic) bond motifs is 2. The minimum Gasteiger partial charge on any atom is -0.454 e. The van der Waals surface area contributed by atoms with Gasteiger partial charge in [0.15, 0.2) is 11.5 Å². The van der Waals surface area contributed by atoms with E-state index >= 15 is 0 Å². The molecule has 1 atom stereocenters. The predicted molar refractivity (Wildman–Crippen MR) is 105 cm³/mol. The Hall–Kier alpha value is -3.42. The standard InChI is InChI=1S/C20H20N4O4/c1-12(2)10-24-18(14-5-3-4-6-15(14)22-20(24)26)23-19(25)21-13-7-8-16-17(9-13)28-11-27-16/h3-9,12,14H,10-11H2,1-2H3,(H,21,25)/b23-18-. The van der Waals surface area contributed by atoms with Crippen LogP contribution in [0.1, 0.15) is 13.8 Å². The Morgan fingerprint density at radius 2 is 2.14 bits per heavy atom. The first-order valence-corrected chi connectivity index (χ1v) is 9.05. The quantitative estimate of drug-likeness (QED) is 0.867. The lowest BCUT2D eigenvalue weighted by Crippen LogP contribution is -2.48. The summed E-state index contributed by atoms with van der Waals surface area (Å²) in [6.07, 6.45) is 7.31. The van der Waals surface area contributed by atoms with E-state index < -0.39 is 12.1 Å². The maximum absolute atomic E-state index is 12.6. The highest BCUT2D eigenvalue weighted by molar-refractivity contribution is 6.24. The number of nitrogens with one attached hydrogen (secondary N) is 1. The van der Waals surface area contributed by atoms with Crippen LogP contribution in [0, 0.1) is 11.8 Å². The number of hydrogen-bond acceptors (Lipinski definition) is 4. The highest BCUT2D eigenvalue weighted by Crippen LogP contribution is 2.34. The van der Waals surface area contributed by atoms with Crippen molar-refractivity contribution in [3.63, 3.8) is 0 Å². The minimum absolute atomic E-state index is 0.158. The molecule has 8 heteroatoms. The van der Waals surface area contributed by atoms with Gasteiger partial charge in [-0.05, 0) is 24.1 Å². The topological polar surface area (TPSA) is 92.6 Å². The third-order valence-corrected chi connectivity index (χ3v) is 4.40. The first kappa shape index (κ1) is 18.0. The summed E-state index contributed by atoms with van der Waals surface area (Å²) in [5, 5.41) is 2.72. The Kier molecular flexibility index (Phi) is 4.68. The fraction of sp³-hybridized carbons (Fsp3) is 0.300. The van der Waals surface area contributed by atoms with Crippen molar-refractivity contribution in [2.24, 2.45) is 21.8 Å². The maximum Gasteiger partial charge on any atom is 0.349 e. The molecule has 4 rings (SSSR count). The molecule has 1 N–H and O–H groups in total. The second-order valence-corrected chi connectivity index (χ2v) is 7.01. The number of benzene rings is 1. The number of nitrogens with zero attached hydrogens (tertiary/aromatic N) is 3. The molecular formula is C20H20N4O4. The number of amides is 4. The molecule has 2 heterocycles. The van der Waals surface area contributed by atoms with Crippen molar-refractivity contribution >= 4 is 29.3 Å². The zero-order valence-electron chi connectivity index (χ0n) is 15.6. The minimum atomic E-state index is -0.570. The summed E-state index contributed by atoms with van der Waals surface area (Å²) in [6, 6.07) is 4.13. The highest BCUT2D eigenvalue weighted by atomic mass is 16.7. The lowest BCUT2D eigenvalue weighted by atomic mass is 9.94. The van der Waals surface area contributed by atoms with Crippen LogP contribution in [0.4, 0.5) is 15.3 Å². The van der Waals surface area contributed by atoms with Gasteiger partial charge in [-0.3, -0.25) is 4.90 Å². The number of hydrogen-bond donors (Lipinski definition) is 1.